The average molecular weight is 146 g/mol. The molecule has 10 heavy (non-hydrogen) atoms. The third kappa shape index (κ3) is 1.70. The van der Waals surface area contributed by atoms with E-state index in [2.05, 4.69) is 0 Å². The van der Waals surface area contributed by atoms with Crippen LogP contribution in [0.1, 0.15) is 34.6 Å². The van der Waals surface area contributed by atoms with Gasteiger partial charge in [0.15, 0.2) is 5.79 Å². The summed E-state index contributed by atoms with van der Waals surface area (Å²) in [6.45, 7) is 9.07. The van der Waals surface area contributed by atoms with Crippen molar-refractivity contribution >= 4 is 0 Å². The van der Waals surface area contributed by atoms with Crippen molar-refractivity contribution in [3.05, 3.63) is 0 Å². The van der Waals surface area contributed by atoms with Gasteiger partial charge in [-0.25, -0.2) is 0 Å². The first-order chi connectivity index (χ1) is 4.19. The quantitative estimate of drug-likeness (QED) is 0.578. The summed E-state index contributed by atoms with van der Waals surface area (Å²) in [6, 6.07) is 0. The van der Waals surface area contributed by atoms with Crippen LogP contribution in [0.3, 0.4) is 0 Å². The summed E-state index contributed by atoms with van der Waals surface area (Å²) in [7, 11) is 0. The Hall–Kier alpha value is -0.0800. The predicted molar refractivity (Wildman–Crippen MR) is 41.5 cm³/mol. The standard InChI is InChI=1S/C8H18O2/c1-6(2)7(3,4)8(5,9)10/h6,9-10H,1-5H3. The van der Waals surface area contributed by atoms with Crippen LogP contribution in [-0.4, -0.2) is 16.0 Å². The van der Waals surface area contributed by atoms with Crippen LogP contribution in [0.15, 0.2) is 0 Å². The van der Waals surface area contributed by atoms with E-state index in [1.54, 1.807) is 0 Å². The fraction of sp³-hybridized carbons (Fsp3) is 1.00. The Morgan fingerprint density at radius 3 is 1.30 bits per heavy atom. The van der Waals surface area contributed by atoms with Gasteiger partial charge in [0.05, 0.1) is 0 Å². The van der Waals surface area contributed by atoms with Gasteiger partial charge in [-0.15, -0.1) is 0 Å². The Balaban J connectivity index is 4.40. The number of hydrogen-bond donors (Lipinski definition) is 2. The minimum Gasteiger partial charge on any atom is -0.365 e. The van der Waals surface area contributed by atoms with Gasteiger partial charge < -0.3 is 10.2 Å². The van der Waals surface area contributed by atoms with Crippen molar-refractivity contribution in [2.45, 2.75) is 40.4 Å². The summed E-state index contributed by atoms with van der Waals surface area (Å²) < 4.78 is 0. The zero-order valence-corrected chi connectivity index (χ0v) is 7.47. The van der Waals surface area contributed by atoms with Gasteiger partial charge in [-0.2, -0.15) is 0 Å². The second-order valence-corrected chi connectivity index (χ2v) is 3.90. The second kappa shape index (κ2) is 2.51. The smallest absolute Gasteiger partial charge is 0.165 e. The fourth-order valence-electron chi connectivity index (χ4n) is 0.547. The normalized spacial score (nSPS) is 14.4. The van der Waals surface area contributed by atoms with Crippen LogP contribution >= 0.6 is 0 Å². The van der Waals surface area contributed by atoms with E-state index >= 15 is 0 Å². The average Bonchev–Trinajstić information content (AvgIpc) is 1.62. The largest absolute Gasteiger partial charge is 0.365 e. The Labute approximate surface area is 62.9 Å². The summed E-state index contributed by atoms with van der Waals surface area (Å²) >= 11 is 0. The van der Waals surface area contributed by atoms with E-state index in [0.717, 1.165) is 0 Å². The highest BCUT2D eigenvalue weighted by Crippen LogP contribution is 2.35. The first-order valence-corrected chi connectivity index (χ1v) is 3.64. The third-order valence-corrected chi connectivity index (χ3v) is 2.66. The fourth-order valence-corrected chi connectivity index (χ4v) is 0.547. The SMILES string of the molecule is CC(C)C(C)(C)C(C)(O)O. The van der Waals surface area contributed by atoms with Crippen LogP contribution in [0.4, 0.5) is 0 Å². The number of rotatable bonds is 2. The molecular weight excluding hydrogens is 128 g/mol. The maximum Gasteiger partial charge on any atom is 0.165 e. The summed E-state index contributed by atoms with van der Waals surface area (Å²) in [5.74, 6) is -1.33. The lowest BCUT2D eigenvalue weighted by Crippen LogP contribution is -2.45. The minimum absolute atomic E-state index is 0.257. The van der Waals surface area contributed by atoms with Crippen molar-refractivity contribution in [1.29, 1.82) is 0 Å². The lowest BCUT2D eigenvalue weighted by molar-refractivity contribution is -0.231. The van der Waals surface area contributed by atoms with Crippen LogP contribution in [-0.2, 0) is 0 Å². The van der Waals surface area contributed by atoms with Gasteiger partial charge >= 0.3 is 0 Å². The molecule has 0 spiro atoms. The van der Waals surface area contributed by atoms with Crippen molar-refractivity contribution in [3.63, 3.8) is 0 Å². The first-order valence-electron chi connectivity index (χ1n) is 3.64. The van der Waals surface area contributed by atoms with E-state index < -0.39 is 11.2 Å². The first kappa shape index (κ1) is 9.92. The van der Waals surface area contributed by atoms with E-state index in [0.29, 0.717) is 0 Å². The monoisotopic (exact) mass is 146 g/mol. The Bertz CT molecular complexity index is 109. The van der Waals surface area contributed by atoms with Crippen molar-refractivity contribution in [1.82, 2.24) is 0 Å². The molecule has 0 atom stereocenters. The molecule has 0 rings (SSSR count). The van der Waals surface area contributed by atoms with Crippen molar-refractivity contribution in [2.75, 3.05) is 0 Å². The molecule has 0 bridgehead atoms. The molecule has 2 nitrogen and oxygen atoms in total. The molecule has 0 saturated heterocycles. The van der Waals surface area contributed by atoms with E-state index in [9.17, 15) is 10.2 Å². The topological polar surface area (TPSA) is 40.5 Å². The molecule has 2 heteroatoms. The van der Waals surface area contributed by atoms with Crippen molar-refractivity contribution in [2.24, 2.45) is 11.3 Å². The molecule has 0 aliphatic carbocycles. The molecule has 0 aromatic carbocycles. The molecule has 0 heterocycles. The van der Waals surface area contributed by atoms with Crippen molar-refractivity contribution in [3.8, 4) is 0 Å². The molecule has 0 unspecified atom stereocenters. The van der Waals surface area contributed by atoms with Gasteiger partial charge in [0.1, 0.15) is 0 Å². The molecule has 0 saturated carbocycles. The zero-order chi connectivity index (χ0) is 8.58. The molecule has 62 valence electrons. The van der Waals surface area contributed by atoms with Crippen LogP contribution in [0.2, 0.25) is 0 Å². The molecule has 0 aliphatic rings. The minimum atomic E-state index is -1.58. The predicted octanol–water partition coefficient (Wildman–Crippen LogP) is 1.37. The lowest BCUT2D eigenvalue weighted by atomic mass is 9.74. The second-order valence-electron chi connectivity index (χ2n) is 3.90. The van der Waals surface area contributed by atoms with Gasteiger partial charge in [0.2, 0.25) is 0 Å². The van der Waals surface area contributed by atoms with E-state index in [4.69, 9.17) is 0 Å². The zero-order valence-electron chi connectivity index (χ0n) is 7.47. The van der Waals surface area contributed by atoms with Crippen LogP contribution < -0.4 is 0 Å². The van der Waals surface area contributed by atoms with Gasteiger partial charge in [-0.3, -0.25) is 0 Å². The molecule has 0 aromatic heterocycles. The van der Waals surface area contributed by atoms with Crippen molar-refractivity contribution < 1.29 is 10.2 Å². The van der Waals surface area contributed by atoms with Gasteiger partial charge in [-0.1, -0.05) is 27.7 Å². The lowest BCUT2D eigenvalue weighted by Gasteiger charge is -2.38. The van der Waals surface area contributed by atoms with Gasteiger partial charge in [0.25, 0.3) is 0 Å². The Kier molecular flexibility index (Phi) is 2.49. The summed E-state index contributed by atoms with van der Waals surface area (Å²) in [6.07, 6.45) is 0. The van der Waals surface area contributed by atoms with Gasteiger partial charge in [0, 0.05) is 5.41 Å². The molecule has 0 radical (unpaired) electrons. The third-order valence-electron chi connectivity index (χ3n) is 2.66. The maximum atomic E-state index is 9.27. The van der Waals surface area contributed by atoms with Crippen LogP contribution in [0, 0.1) is 11.3 Å². The summed E-state index contributed by atoms with van der Waals surface area (Å²) in [4.78, 5) is 0. The maximum absolute atomic E-state index is 9.27. The van der Waals surface area contributed by atoms with E-state index in [-0.39, 0.29) is 5.92 Å². The van der Waals surface area contributed by atoms with Gasteiger partial charge in [-0.05, 0) is 12.8 Å². The summed E-state index contributed by atoms with van der Waals surface area (Å²) in [5, 5.41) is 18.5. The molecule has 0 fully saturated rings. The highest BCUT2D eigenvalue weighted by Gasteiger charge is 2.39. The molecule has 2 N–H and O–H groups in total. The van der Waals surface area contributed by atoms with E-state index in [1.807, 2.05) is 27.7 Å². The molecule has 0 aliphatic heterocycles. The molecular formula is C8H18O2. The number of aliphatic hydroxyl groups is 2. The molecule has 0 amide bonds. The number of hydrogen-bond acceptors (Lipinski definition) is 2. The van der Waals surface area contributed by atoms with Crippen LogP contribution in [0.5, 0.6) is 0 Å². The Morgan fingerprint density at radius 2 is 1.30 bits per heavy atom. The highest BCUT2D eigenvalue weighted by molar-refractivity contribution is 4.82. The van der Waals surface area contributed by atoms with Crippen LogP contribution in [0.25, 0.3) is 0 Å². The highest BCUT2D eigenvalue weighted by atomic mass is 16.5. The summed E-state index contributed by atoms with van der Waals surface area (Å²) in [5.41, 5.74) is -0.451. The van der Waals surface area contributed by atoms with E-state index in [1.165, 1.54) is 6.92 Å². The molecule has 0 aromatic rings. The Morgan fingerprint density at radius 1 is 1.00 bits per heavy atom.